The minimum atomic E-state index is 1.08. The van der Waals surface area contributed by atoms with Crippen molar-refractivity contribution in [1.82, 2.24) is 0 Å². The Morgan fingerprint density at radius 2 is 1.08 bits per heavy atom. The van der Waals surface area contributed by atoms with E-state index in [1.165, 1.54) is 44.9 Å². The SMILES string of the molecule is C1=C\CCC2CC2CC/C=C\CC/1. The Balaban J connectivity index is 1.80. The van der Waals surface area contributed by atoms with Crippen molar-refractivity contribution in [1.29, 1.82) is 0 Å². The zero-order valence-corrected chi connectivity index (χ0v) is 8.41. The Labute approximate surface area is 81.7 Å². The molecule has 0 saturated heterocycles. The van der Waals surface area contributed by atoms with E-state index >= 15 is 0 Å². The summed E-state index contributed by atoms with van der Waals surface area (Å²) in [5.41, 5.74) is 0. The summed E-state index contributed by atoms with van der Waals surface area (Å²) < 4.78 is 0. The van der Waals surface area contributed by atoms with E-state index in [4.69, 9.17) is 0 Å². The Bertz CT molecular complexity index is 178. The highest BCUT2D eigenvalue weighted by Crippen LogP contribution is 2.45. The van der Waals surface area contributed by atoms with Crippen LogP contribution in [0.25, 0.3) is 0 Å². The first kappa shape index (κ1) is 9.05. The van der Waals surface area contributed by atoms with Crippen LogP contribution >= 0.6 is 0 Å². The minimum Gasteiger partial charge on any atom is -0.0885 e. The standard InChI is InChI=1S/C13H20/c1-2-4-6-8-10-13-11-12(13)9-7-5-3-1/h3-6,12-13H,1-2,7-11H2/b5-3-,6-4-. The van der Waals surface area contributed by atoms with E-state index in [9.17, 15) is 0 Å². The molecular weight excluding hydrogens is 156 g/mol. The van der Waals surface area contributed by atoms with E-state index in [1.54, 1.807) is 0 Å². The van der Waals surface area contributed by atoms with Crippen molar-refractivity contribution >= 4 is 0 Å². The van der Waals surface area contributed by atoms with Crippen LogP contribution in [0.5, 0.6) is 0 Å². The maximum absolute atomic E-state index is 2.38. The molecule has 2 rings (SSSR count). The Kier molecular flexibility index (Phi) is 3.23. The van der Waals surface area contributed by atoms with E-state index in [0.717, 1.165) is 11.8 Å². The van der Waals surface area contributed by atoms with Crippen molar-refractivity contribution in [2.45, 2.75) is 44.9 Å². The normalized spacial score (nSPS) is 39.4. The molecule has 72 valence electrons. The first-order valence-corrected chi connectivity index (χ1v) is 5.77. The second-order valence-electron chi connectivity index (χ2n) is 4.43. The van der Waals surface area contributed by atoms with Crippen molar-refractivity contribution < 1.29 is 0 Å². The van der Waals surface area contributed by atoms with Gasteiger partial charge in [-0.05, 0) is 56.8 Å². The van der Waals surface area contributed by atoms with Crippen molar-refractivity contribution in [3.63, 3.8) is 0 Å². The summed E-state index contributed by atoms with van der Waals surface area (Å²) in [6.45, 7) is 0. The summed E-state index contributed by atoms with van der Waals surface area (Å²) in [5.74, 6) is 2.16. The molecule has 0 heterocycles. The average Bonchev–Trinajstić information content (AvgIpc) is 2.83. The average molecular weight is 176 g/mol. The van der Waals surface area contributed by atoms with E-state index in [2.05, 4.69) is 24.3 Å². The van der Waals surface area contributed by atoms with E-state index in [1.807, 2.05) is 0 Å². The van der Waals surface area contributed by atoms with Gasteiger partial charge in [-0.3, -0.25) is 0 Å². The lowest BCUT2D eigenvalue weighted by molar-refractivity contribution is 0.616. The lowest BCUT2D eigenvalue weighted by Crippen LogP contribution is -1.83. The second kappa shape index (κ2) is 4.64. The van der Waals surface area contributed by atoms with Crippen molar-refractivity contribution in [3.05, 3.63) is 24.3 Å². The molecule has 0 nitrogen and oxygen atoms in total. The van der Waals surface area contributed by atoms with Crippen LogP contribution in [0, 0.1) is 11.8 Å². The van der Waals surface area contributed by atoms with Crippen LogP contribution in [-0.4, -0.2) is 0 Å². The fourth-order valence-corrected chi connectivity index (χ4v) is 2.30. The number of hydrogen-bond donors (Lipinski definition) is 0. The predicted molar refractivity (Wildman–Crippen MR) is 57.6 cm³/mol. The van der Waals surface area contributed by atoms with Gasteiger partial charge >= 0.3 is 0 Å². The van der Waals surface area contributed by atoms with Crippen LogP contribution in [0.1, 0.15) is 44.9 Å². The van der Waals surface area contributed by atoms with Gasteiger partial charge in [0, 0.05) is 0 Å². The Hall–Kier alpha value is -0.520. The van der Waals surface area contributed by atoms with Crippen LogP contribution in [-0.2, 0) is 0 Å². The molecule has 13 heavy (non-hydrogen) atoms. The van der Waals surface area contributed by atoms with Gasteiger partial charge in [-0.25, -0.2) is 0 Å². The highest BCUT2D eigenvalue weighted by atomic mass is 14.4. The van der Waals surface area contributed by atoms with Gasteiger partial charge in [0.05, 0.1) is 0 Å². The third-order valence-corrected chi connectivity index (χ3v) is 3.31. The molecule has 2 aliphatic rings. The number of rotatable bonds is 0. The van der Waals surface area contributed by atoms with Crippen LogP contribution in [0.4, 0.5) is 0 Å². The summed E-state index contributed by atoms with van der Waals surface area (Å²) in [4.78, 5) is 0. The van der Waals surface area contributed by atoms with Gasteiger partial charge in [-0.1, -0.05) is 24.3 Å². The summed E-state index contributed by atoms with van der Waals surface area (Å²) in [6, 6.07) is 0. The molecule has 2 aliphatic carbocycles. The summed E-state index contributed by atoms with van der Waals surface area (Å²) in [5, 5.41) is 0. The first-order valence-electron chi connectivity index (χ1n) is 5.77. The van der Waals surface area contributed by atoms with Crippen molar-refractivity contribution in [2.24, 2.45) is 11.8 Å². The number of allylic oxidation sites excluding steroid dienone is 4. The highest BCUT2D eigenvalue weighted by molar-refractivity contribution is 4.94. The summed E-state index contributed by atoms with van der Waals surface area (Å²) in [7, 11) is 0. The molecule has 1 fully saturated rings. The fraction of sp³-hybridized carbons (Fsp3) is 0.692. The van der Waals surface area contributed by atoms with Crippen molar-refractivity contribution in [2.75, 3.05) is 0 Å². The van der Waals surface area contributed by atoms with E-state index in [-0.39, 0.29) is 0 Å². The summed E-state index contributed by atoms with van der Waals surface area (Å²) >= 11 is 0. The zero-order chi connectivity index (χ0) is 8.93. The molecular formula is C13H20. The number of fused-ring (bicyclic) bond motifs is 1. The molecule has 0 heteroatoms. The van der Waals surface area contributed by atoms with Gasteiger partial charge in [0.25, 0.3) is 0 Å². The molecule has 0 aromatic heterocycles. The van der Waals surface area contributed by atoms with E-state index < -0.39 is 0 Å². The van der Waals surface area contributed by atoms with Gasteiger partial charge in [-0.15, -0.1) is 0 Å². The lowest BCUT2D eigenvalue weighted by Gasteiger charge is -1.97. The van der Waals surface area contributed by atoms with Crippen LogP contribution in [0.3, 0.4) is 0 Å². The van der Waals surface area contributed by atoms with E-state index in [0.29, 0.717) is 0 Å². The molecule has 1 saturated carbocycles. The molecule has 0 aliphatic heterocycles. The van der Waals surface area contributed by atoms with Gasteiger partial charge < -0.3 is 0 Å². The second-order valence-corrected chi connectivity index (χ2v) is 4.43. The van der Waals surface area contributed by atoms with Gasteiger partial charge in [0.2, 0.25) is 0 Å². The number of hydrogen-bond acceptors (Lipinski definition) is 0. The lowest BCUT2D eigenvalue weighted by atomic mass is 10.1. The van der Waals surface area contributed by atoms with Crippen LogP contribution in [0.2, 0.25) is 0 Å². The smallest absolute Gasteiger partial charge is 0.0316 e. The molecule has 0 amide bonds. The largest absolute Gasteiger partial charge is 0.0885 e. The molecule has 0 radical (unpaired) electrons. The third-order valence-electron chi connectivity index (χ3n) is 3.31. The molecule has 0 N–H and O–H groups in total. The van der Waals surface area contributed by atoms with Crippen LogP contribution in [0.15, 0.2) is 24.3 Å². The van der Waals surface area contributed by atoms with Crippen molar-refractivity contribution in [3.8, 4) is 0 Å². The Morgan fingerprint density at radius 3 is 1.62 bits per heavy atom. The topological polar surface area (TPSA) is 0 Å². The molecule has 2 atom stereocenters. The monoisotopic (exact) mass is 176 g/mol. The fourth-order valence-electron chi connectivity index (χ4n) is 2.30. The molecule has 0 bridgehead atoms. The molecule has 0 aromatic carbocycles. The summed E-state index contributed by atoms with van der Waals surface area (Å²) in [6.07, 6.45) is 19.0. The van der Waals surface area contributed by atoms with Crippen LogP contribution < -0.4 is 0 Å². The minimum absolute atomic E-state index is 1.08. The Morgan fingerprint density at radius 1 is 0.615 bits per heavy atom. The highest BCUT2D eigenvalue weighted by Gasteiger charge is 2.34. The predicted octanol–water partition coefficient (Wildman–Crippen LogP) is 4.09. The molecule has 0 aromatic rings. The zero-order valence-electron chi connectivity index (χ0n) is 8.41. The maximum Gasteiger partial charge on any atom is -0.0316 e. The van der Waals surface area contributed by atoms with Gasteiger partial charge in [0.15, 0.2) is 0 Å². The van der Waals surface area contributed by atoms with Gasteiger partial charge in [-0.2, -0.15) is 0 Å². The van der Waals surface area contributed by atoms with Gasteiger partial charge in [0.1, 0.15) is 0 Å². The maximum atomic E-state index is 2.38. The molecule has 2 unspecified atom stereocenters. The molecule has 0 spiro atoms. The quantitative estimate of drug-likeness (QED) is 0.488. The third kappa shape index (κ3) is 3.02. The first-order chi connectivity index (χ1) is 6.47.